The molecule has 0 radical (unpaired) electrons. The number of hydrogen-bond acceptors (Lipinski definition) is 3. The SMILES string of the molecule is CC1CC1C(=O)Nc1cccc(C(=O)N2CCC(CN)CC2)c1. The average Bonchev–Trinajstić information content (AvgIpc) is 3.31. The van der Waals surface area contributed by atoms with Crippen molar-refractivity contribution in [2.24, 2.45) is 23.5 Å². The van der Waals surface area contributed by atoms with Crippen molar-refractivity contribution in [2.45, 2.75) is 26.2 Å². The summed E-state index contributed by atoms with van der Waals surface area (Å²) in [7, 11) is 0. The maximum absolute atomic E-state index is 12.6. The molecule has 2 unspecified atom stereocenters. The van der Waals surface area contributed by atoms with Crippen LogP contribution in [0.2, 0.25) is 0 Å². The van der Waals surface area contributed by atoms with Crippen LogP contribution in [0.1, 0.15) is 36.5 Å². The highest BCUT2D eigenvalue weighted by molar-refractivity contribution is 5.98. The first-order valence-electron chi connectivity index (χ1n) is 8.48. The Labute approximate surface area is 137 Å². The van der Waals surface area contributed by atoms with Crippen LogP contribution in [0.15, 0.2) is 24.3 Å². The number of carbonyl (C=O) groups excluding carboxylic acids is 2. The first-order chi connectivity index (χ1) is 11.1. The van der Waals surface area contributed by atoms with Crippen molar-refractivity contribution in [1.29, 1.82) is 0 Å². The summed E-state index contributed by atoms with van der Waals surface area (Å²) >= 11 is 0. The Bertz CT molecular complexity index is 594. The maximum atomic E-state index is 12.6. The molecule has 3 rings (SSSR count). The van der Waals surface area contributed by atoms with E-state index in [4.69, 9.17) is 5.73 Å². The predicted octanol–water partition coefficient (Wildman–Crippen LogP) is 2.09. The van der Waals surface area contributed by atoms with E-state index in [2.05, 4.69) is 12.2 Å². The van der Waals surface area contributed by atoms with Crippen molar-refractivity contribution in [2.75, 3.05) is 25.0 Å². The molecule has 2 aliphatic rings. The van der Waals surface area contributed by atoms with Crippen LogP contribution in [0.5, 0.6) is 0 Å². The zero-order valence-corrected chi connectivity index (χ0v) is 13.6. The van der Waals surface area contributed by atoms with Gasteiger partial charge in [0.05, 0.1) is 0 Å². The highest BCUT2D eigenvalue weighted by Gasteiger charge is 2.39. The molecule has 1 aromatic carbocycles. The zero-order valence-electron chi connectivity index (χ0n) is 13.6. The van der Waals surface area contributed by atoms with Gasteiger partial charge in [-0.1, -0.05) is 13.0 Å². The lowest BCUT2D eigenvalue weighted by Crippen LogP contribution is -2.40. The standard InChI is InChI=1S/C18H25N3O2/c1-12-9-16(12)17(22)20-15-4-2-3-14(10-15)18(23)21-7-5-13(11-19)6-8-21/h2-4,10,12-13,16H,5-9,11,19H2,1H3,(H,20,22). The van der Waals surface area contributed by atoms with Crippen LogP contribution in [-0.4, -0.2) is 36.3 Å². The normalized spacial score (nSPS) is 24.3. The summed E-state index contributed by atoms with van der Waals surface area (Å²) in [5.41, 5.74) is 7.04. The van der Waals surface area contributed by atoms with Crippen molar-refractivity contribution in [3.63, 3.8) is 0 Å². The highest BCUT2D eigenvalue weighted by atomic mass is 16.2. The third-order valence-electron chi connectivity index (χ3n) is 5.06. The molecule has 0 bridgehead atoms. The number of nitrogens with two attached hydrogens (primary N) is 1. The van der Waals surface area contributed by atoms with Gasteiger partial charge in [0.1, 0.15) is 0 Å². The number of anilines is 1. The Morgan fingerprint density at radius 3 is 2.61 bits per heavy atom. The van der Waals surface area contributed by atoms with Crippen LogP contribution in [0.4, 0.5) is 5.69 Å². The van der Waals surface area contributed by atoms with E-state index in [1.165, 1.54) is 0 Å². The van der Waals surface area contributed by atoms with E-state index in [1.54, 1.807) is 6.07 Å². The Hall–Kier alpha value is -1.88. The maximum Gasteiger partial charge on any atom is 0.253 e. The lowest BCUT2D eigenvalue weighted by Gasteiger charge is -2.31. The van der Waals surface area contributed by atoms with Gasteiger partial charge in [-0.2, -0.15) is 0 Å². The topological polar surface area (TPSA) is 75.4 Å². The Kier molecular flexibility index (Phi) is 4.66. The number of nitrogens with one attached hydrogen (secondary N) is 1. The van der Waals surface area contributed by atoms with Gasteiger partial charge < -0.3 is 16.0 Å². The van der Waals surface area contributed by atoms with Crippen LogP contribution in [0, 0.1) is 17.8 Å². The second-order valence-corrected chi connectivity index (χ2v) is 6.86. The minimum atomic E-state index is 0.0383. The summed E-state index contributed by atoms with van der Waals surface area (Å²) < 4.78 is 0. The van der Waals surface area contributed by atoms with Gasteiger partial charge in [-0.3, -0.25) is 9.59 Å². The first-order valence-corrected chi connectivity index (χ1v) is 8.48. The lowest BCUT2D eigenvalue weighted by atomic mass is 9.96. The van der Waals surface area contributed by atoms with Crippen LogP contribution >= 0.6 is 0 Å². The third kappa shape index (κ3) is 3.72. The molecule has 1 aliphatic heterocycles. The molecule has 0 spiro atoms. The fraction of sp³-hybridized carbons (Fsp3) is 0.556. The molecule has 5 heteroatoms. The molecule has 2 atom stereocenters. The van der Waals surface area contributed by atoms with Crippen molar-refractivity contribution >= 4 is 17.5 Å². The minimum absolute atomic E-state index is 0.0383. The average molecular weight is 315 g/mol. The Morgan fingerprint density at radius 2 is 2.00 bits per heavy atom. The molecule has 2 amide bonds. The predicted molar refractivity (Wildman–Crippen MR) is 90.0 cm³/mol. The van der Waals surface area contributed by atoms with Crippen LogP contribution < -0.4 is 11.1 Å². The molecule has 3 N–H and O–H groups in total. The molecule has 2 fully saturated rings. The van der Waals surface area contributed by atoms with E-state index < -0.39 is 0 Å². The van der Waals surface area contributed by atoms with E-state index in [0.717, 1.165) is 32.4 Å². The molecule has 1 saturated carbocycles. The van der Waals surface area contributed by atoms with Gasteiger partial charge in [0.15, 0.2) is 0 Å². The monoisotopic (exact) mass is 315 g/mol. The van der Waals surface area contributed by atoms with Gasteiger partial charge in [0.2, 0.25) is 5.91 Å². The molecule has 5 nitrogen and oxygen atoms in total. The largest absolute Gasteiger partial charge is 0.339 e. The molecule has 1 heterocycles. The second kappa shape index (κ2) is 6.71. The summed E-state index contributed by atoms with van der Waals surface area (Å²) in [5.74, 6) is 1.24. The number of carbonyl (C=O) groups is 2. The minimum Gasteiger partial charge on any atom is -0.339 e. The number of likely N-dealkylation sites (tertiary alicyclic amines) is 1. The molecule has 0 aromatic heterocycles. The Balaban J connectivity index is 1.62. The van der Waals surface area contributed by atoms with Gasteiger partial charge in [0.25, 0.3) is 5.91 Å². The van der Waals surface area contributed by atoms with Crippen molar-refractivity contribution in [3.05, 3.63) is 29.8 Å². The van der Waals surface area contributed by atoms with Crippen LogP contribution in [-0.2, 0) is 4.79 Å². The fourth-order valence-corrected chi connectivity index (χ4v) is 3.21. The van der Waals surface area contributed by atoms with Gasteiger partial charge in [-0.05, 0) is 55.8 Å². The third-order valence-corrected chi connectivity index (χ3v) is 5.06. The van der Waals surface area contributed by atoms with E-state index in [1.807, 2.05) is 23.1 Å². The summed E-state index contributed by atoms with van der Waals surface area (Å²) in [5, 5.41) is 2.92. The van der Waals surface area contributed by atoms with Crippen LogP contribution in [0.3, 0.4) is 0 Å². The van der Waals surface area contributed by atoms with E-state index in [-0.39, 0.29) is 17.7 Å². The number of piperidine rings is 1. The second-order valence-electron chi connectivity index (χ2n) is 6.86. The molecular formula is C18H25N3O2. The summed E-state index contributed by atoms with van der Waals surface area (Å²) in [4.78, 5) is 26.5. The number of hydrogen-bond donors (Lipinski definition) is 2. The molecule has 124 valence electrons. The van der Waals surface area contributed by atoms with Crippen molar-refractivity contribution in [3.8, 4) is 0 Å². The smallest absolute Gasteiger partial charge is 0.253 e. The highest BCUT2D eigenvalue weighted by Crippen LogP contribution is 2.38. The molecule has 1 saturated heterocycles. The van der Waals surface area contributed by atoms with Gasteiger partial charge in [-0.25, -0.2) is 0 Å². The van der Waals surface area contributed by atoms with Crippen molar-refractivity contribution in [1.82, 2.24) is 4.90 Å². The van der Waals surface area contributed by atoms with Gasteiger partial charge >= 0.3 is 0 Å². The van der Waals surface area contributed by atoms with E-state index in [0.29, 0.717) is 29.6 Å². The number of amides is 2. The lowest BCUT2D eigenvalue weighted by molar-refractivity contribution is -0.117. The first kappa shape index (κ1) is 16.0. The fourth-order valence-electron chi connectivity index (χ4n) is 3.21. The quantitative estimate of drug-likeness (QED) is 0.893. The molecule has 1 aromatic rings. The van der Waals surface area contributed by atoms with Crippen LogP contribution in [0.25, 0.3) is 0 Å². The molecule has 23 heavy (non-hydrogen) atoms. The van der Waals surface area contributed by atoms with Gasteiger partial charge in [0, 0.05) is 30.3 Å². The molecular weight excluding hydrogens is 290 g/mol. The Morgan fingerprint density at radius 1 is 1.30 bits per heavy atom. The van der Waals surface area contributed by atoms with Gasteiger partial charge in [-0.15, -0.1) is 0 Å². The summed E-state index contributed by atoms with van der Waals surface area (Å²) in [6.45, 7) is 4.30. The zero-order chi connectivity index (χ0) is 16.4. The van der Waals surface area contributed by atoms with Crippen molar-refractivity contribution < 1.29 is 9.59 Å². The number of rotatable bonds is 4. The number of nitrogens with zero attached hydrogens (tertiary/aromatic N) is 1. The number of benzene rings is 1. The van der Waals surface area contributed by atoms with E-state index in [9.17, 15) is 9.59 Å². The summed E-state index contributed by atoms with van der Waals surface area (Å²) in [6.07, 6.45) is 2.90. The molecule has 1 aliphatic carbocycles. The van der Waals surface area contributed by atoms with E-state index >= 15 is 0 Å². The summed E-state index contributed by atoms with van der Waals surface area (Å²) in [6, 6.07) is 7.25.